The van der Waals surface area contributed by atoms with Gasteiger partial charge in [-0.2, -0.15) is 0 Å². The van der Waals surface area contributed by atoms with Crippen molar-refractivity contribution in [3.63, 3.8) is 0 Å². The predicted molar refractivity (Wildman–Crippen MR) is 43.0 cm³/mol. The van der Waals surface area contributed by atoms with Gasteiger partial charge in [0.15, 0.2) is 0 Å². The average molecular weight is 143 g/mol. The van der Waals surface area contributed by atoms with E-state index in [-0.39, 0.29) is 5.54 Å². The fraction of sp³-hybridized carbons (Fsp3) is 0.875. The Morgan fingerprint density at radius 2 is 2.10 bits per heavy atom. The smallest absolute Gasteiger partial charge is 0.139 e. The van der Waals surface area contributed by atoms with E-state index in [2.05, 4.69) is 19.2 Å². The molecule has 1 atom stereocenters. The topological polar surface area (TPSA) is 29.1 Å². The molecule has 1 unspecified atom stereocenters. The van der Waals surface area contributed by atoms with Crippen LogP contribution in [-0.2, 0) is 4.79 Å². The van der Waals surface area contributed by atoms with Crippen molar-refractivity contribution in [3.05, 3.63) is 0 Å². The first kappa shape index (κ1) is 9.63. The lowest BCUT2D eigenvalue weighted by molar-refractivity contribution is -0.113. The largest absolute Gasteiger partial charge is 0.308 e. The van der Waals surface area contributed by atoms with Crippen LogP contribution in [0.1, 0.15) is 27.2 Å². The number of rotatable bonds is 4. The molecule has 0 aliphatic heterocycles. The Balaban J connectivity index is 3.92. The normalized spacial score (nSPS) is 16.9. The maximum Gasteiger partial charge on any atom is 0.139 e. The van der Waals surface area contributed by atoms with E-state index >= 15 is 0 Å². The van der Waals surface area contributed by atoms with Gasteiger partial charge in [-0.3, -0.25) is 0 Å². The van der Waals surface area contributed by atoms with E-state index in [1.165, 1.54) is 0 Å². The Hall–Kier alpha value is -0.370. The molecule has 0 aromatic rings. The number of aldehydes is 1. The molecule has 1 N–H and O–H groups in total. The van der Waals surface area contributed by atoms with Crippen LogP contribution in [0.5, 0.6) is 0 Å². The van der Waals surface area contributed by atoms with Gasteiger partial charge in [0.05, 0.1) is 5.54 Å². The summed E-state index contributed by atoms with van der Waals surface area (Å²) in [6.45, 7) is 6.14. The first-order valence-electron chi connectivity index (χ1n) is 3.69. The van der Waals surface area contributed by atoms with E-state index in [1.54, 1.807) is 0 Å². The van der Waals surface area contributed by atoms with Crippen LogP contribution in [0.2, 0.25) is 0 Å². The van der Waals surface area contributed by atoms with Crippen molar-refractivity contribution in [1.82, 2.24) is 5.32 Å². The predicted octanol–water partition coefficient (Wildman–Crippen LogP) is 1.21. The summed E-state index contributed by atoms with van der Waals surface area (Å²) in [5.74, 6) is 0.558. The summed E-state index contributed by atoms with van der Waals surface area (Å²) in [5.41, 5.74) is -0.325. The SMILES string of the molecule is CNC(C)(C=O)CC(C)C. The number of nitrogens with one attached hydrogen (secondary N) is 1. The summed E-state index contributed by atoms with van der Waals surface area (Å²) in [7, 11) is 1.82. The van der Waals surface area contributed by atoms with Gasteiger partial charge in [-0.1, -0.05) is 13.8 Å². The van der Waals surface area contributed by atoms with Crippen molar-refractivity contribution in [3.8, 4) is 0 Å². The van der Waals surface area contributed by atoms with Crippen LogP contribution in [-0.4, -0.2) is 18.9 Å². The second-order valence-corrected chi connectivity index (χ2v) is 3.38. The fourth-order valence-electron chi connectivity index (χ4n) is 1.06. The molecule has 0 fully saturated rings. The summed E-state index contributed by atoms with van der Waals surface area (Å²) < 4.78 is 0. The lowest BCUT2D eigenvalue weighted by Crippen LogP contribution is -2.42. The van der Waals surface area contributed by atoms with Crippen LogP contribution >= 0.6 is 0 Å². The molecular formula is C8H17NO. The third-order valence-electron chi connectivity index (χ3n) is 1.66. The number of hydrogen-bond donors (Lipinski definition) is 1. The molecule has 10 heavy (non-hydrogen) atoms. The van der Waals surface area contributed by atoms with E-state index in [4.69, 9.17) is 0 Å². The summed E-state index contributed by atoms with van der Waals surface area (Å²) in [6.07, 6.45) is 1.88. The first-order chi connectivity index (χ1) is 4.54. The van der Waals surface area contributed by atoms with Crippen LogP contribution in [0.15, 0.2) is 0 Å². The quantitative estimate of drug-likeness (QED) is 0.599. The monoisotopic (exact) mass is 143 g/mol. The Kier molecular flexibility index (Phi) is 3.58. The van der Waals surface area contributed by atoms with Crippen LogP contribution in [0.3, 0.4) is 0 Å². The van der Waals surface area contributed by atoms with Crippen molar-refractivity contribution in [2.45, 2.75) is 32.7 Å². The molecule has 2 heteroatoms. The molecule has 0 saturated carbocycles. The molecule has 0 heterocycles. The Labute approximate surface area is 63.0 Å². The number of carbonyl (C=O) groups excluding carboxylic acids is 1. The molecule has 0 rings (SSSR count). The number of hydrogen-bond acceptors (Lipinski definition) is 2. The maximum atomic E-state index is 10.5. The van der Waals surface area contributed by atoms with E-state index in [1.807, 2.05) is 14.0 Å². The molecule has 60 valence electrons. The number of likely N-dealkylation sites (N-methyl/N-ethyl adjacent to an activating group) is 1. The highest BCUT2D eigenvalue weighted by molar-refractivity contribution is 5.63. The zero-order chi connectivity index (χ0) is 8.20. The van der Waals surface area contributed by atoms with Gasteiger partial charge in [-0.05, 0) is 26.3 Å². The standard InChI is InChI=1S/C8H17NO/c1-7(2)5-8(3,6-10)9-4/h6-7,9H,5H2,1-4H3. The van der Waals surface area contributed by atoms with Gasteiger partial charge in [-0.25, -0.2) is 0 Å². The van der Waals surface area contributed by atoms with Gasteiger partial charge >= 0.3 is 0 Å². The van der Waals surface area contributed by atoms with Crippen LogP contribution in [0.25, 0.3) is 0 Å². The van der Waals surface area contributed by atoms with Crippen LogP contribution in [0, 0.1) is 5.92 Å². The van der Waals surface area contributed by atoms with Gasteiger partial charge in [0.25, 0.3) is 0 Å². The minimum atomic E-state index is -0.325. The zero-order valence-electron chi connectivity index (χ0n) is 7.27. The minimum absolute atomic E-state index is 0.325. The lowest BCUT2D eigenvalue weighted by atomic mass is 9.93. The maximum absolute atomic E-state index is 10.5. The van der Waals surface area contributed by atoms with Gasteiger partial charge in [0, 0.05) is 0 Å². The van der Waals surface area contributed by atoms with Gasteiger partial charge in [0.2, 0.25) is 0 Å². The molecular weight excluding hydrogens is 126 g/mol. The Bertz CT molecular complexity index is 112. The molecule has 0 spiro atoms. The van der Waals surface area contributed by atoms with E-state index in [9.17, 15) is 4.79 Å². The second-order valence-electron chi connectivity index (χ2n) is 3.38. The Morgan fingerprint density at radius 1 is 1.60 bits per heavy atom. The van der Waals surface area contributed by atoms with Gasteiger partial charge < -0.3 is 10.1 Å². The molecule has 0 amide bonds. The first-order valence-corrected chi connectivity index (χ1v) is 3.69. The fourth-order valence-corrected chi connectivity index (χ4v) is 1.06. The van der Waals surface area contributed by atoms with Gasteiger partial charge in [0.1, 0.15) is 6.29 Å². The zero-order valence-corrected chi connectivity index (χ0v) is 7.27. The summed E-state index contributed by atoms with van der Waals surface area (Å²) in [5, 5.41) is 2.99. The van der Waals surface area contributed by atoms with E-state index in [0.717, 1.165) is 12.7 Å². The lowest BCUT2D eigenvalue weighted by Gasteiger charge is -2.23. The van der Waals surface area contributed by atoms with Crippen molar-refractivity contribution >= 4 is 6.29 Å². The number of carbonyl (C=O) groups is 1. The molecule has 0 saturated heterocycles. The summed E-state index contributed by atoms with van der Waals surface area (Å²) in [4.78, 5) is 10.5. The highest BCUT2D eigenvalue weighted by Gasteiger charge is 2.21. The third-order valence-corrected chi connectivity index (χ3v) is 1.66. The highest BCUT2D eigenvalue weighted by Crippen LogP contribution is 2.12. The average Bonchev–Trinajstić information content (AvgIpc) is 1.87. The highest BCUT2D eigenvalue weighted by atomic mass is 16.1. The van der Waals surface area contributed by atoms with Crippen LogP contribution in [0.4, 0.5) is 0 Å². The van der Waals surface area contributed by atoms with Crippen molar-refractivity contribution in [2.24, 2.45) is 5.92 Å². The Morgan fingerprint density at radius 3 is 2.20 bits per heavy atom. The molecule has 0 aromatic carbocycles. The van der Waals surface area contributed by atoms with Gasteiger partial charge in [-0.15, -0.1) is 0 Å². The molecule has 0 radical (unpaired) electrons. The van der Waals surface area contributed by atoms with E-state index in [0.29, 0.717) is 5.92 Å². The van der Waals surface area contributed by atoms with Crippen LogP contribution < -0.4 is 5.32 Å². The summed E-state index contributed by atoms with van der Waals surface area (Å²) in [6, 6.07) is 0. The molecule has 0 aliphatic carbocycles. The third kappa shape index (κ3) is 2.97. The molecule has 0 aromatic heterocycles. The van der Waals surface area contributed by atoms with Crippen molar-refractivity contribution in [2.75, 3.05) is 7.05 Å². The summed E-state index contributed by atoms with van der Waals surface area (Å²) >= 11 is 0. The van der Waals surface area contributed by atoms with Crippen molar-refractivity contribution < 1.29 is 4.79 Å². The van der Waals surface area contributed by atoms with Crippen molar-refractivity contribution in [1.29, 1.82) is 0 Å². The second kappa shape index (κ2) is 3.71. The van der Waals surface area contributed by atoms with E-state index < -0.39 is 0 Å². The minimum Gasteiger partial charge on any atom is -0.308 e. The molecule has 2 nitrogen and oxygen atoms in total. The molecule has 0 bridgehead atoms. The molecule has 0 aliphatic rings.